The van der Waals surface area contributed by atoms with Gasteiger partial charge in [-0.2, -0.15) is 5.26 Å². The van der Waals surface area contributed by atoms with Crippen LogP contribution in [0.15, 0.2) is 0 Å². The average Bonchev–Trinajstić information content (AvgIpc) is 1.88. The minimum absolute atomic E-state index is 0.574. The Balaban J connectivity index is 2.27. The van der Waals surface area contributed by atoms with Crippen LogP contribution in [0, 0.1) is 11.3 Å². The fraction of sp³-hybridized carbons (Fsp3) is 0.857. The first-order chi connectivity index (χ1) is 4.83. The third-order valence-corrected chi connectivity index (χ3v) is 1.75. The summed E-state index contributed by atoms with van der Waals surface area (Å²) in [4.78, 5) is 4.39. The summed E-state index contributed by atoms with van der Waals surface area (Å²) in [6.45, 7) is 3.78. The number of hydrogen-bond donors (Lipinski definition) is 0. The van der Waals surface area contributed by atoms with Crippen molar-refractivity contribution < 1.29 is 0 Å². The third kappa shape index (κ3) is 1.98. The second-order valence-electron chi connectivity index (χ2n) is 2.79. The summed E-state index contributed by atoms with van der Waals surface area (Å²) in [6, 6.07) is 2.16. The Hall–Kier alpha value is -0.590. The van der Waals surface area contributed by atoms with Crippen LogP contribution in [0.2, 0.25) is 0 Å². The van der Waals surface area contributed by atoms with Crippen molar-refractivity contribution in [2.75, 3.05) is 33.4 Å². The van der Waals surface area contributed by atoms with Gasteiger partial charge in [-0.05, 0) is 13.5 Å². The second kappa shape index (κ2) is 3.55. The second-order valence-corrected chi connectivity index (χ2v) is 2.79. The molecule has 0 unspecified atom stereocenters. The van der Waals surface area contributed by atoms with Gasteiger partial charge in [-0.15, -0.1) is 0 Å². The van der Waals surface area contributed by atoms with Crippen LogP contribution in [0.4, 0.5) is 0 Å². The maximum absolute atomic E-state index is 8.39. The summed E-state index contributed by atoms with van der Waals surface area (Å²) in [5.41, 5.74) is 0. The van der Waals surface area contributed by atoms with Crippen LogP contribution in [-0.4, -0.2) is 43.2 Å². The monoisotopic (exact) mass is 139 g/mol. The molecule has 0 spiro atoms. The van der Waals surface area contributed by atoms with Gasteiger partial charge in [0.1, 0.15) is 0 Å². The maximum atomic E-state index is 8.39. The Labute approximate surface area is 61.8 Å². The molecule has 1 saturated heterocycles. The van der Waals surface area contributed by atoms with E-state index in [0.717, 1.165) is 13.2 Å². The Morgan fingerprint density at radius 3 is 2.90 bits per heavy atom. The van der Waals surface area contributed by atoms with Gasteiger partial charge in [-0.1, -0.05) is 0 Å². The van der Waals surface area contributed by atoms with Crippen molar-refractivity contribution in [3.05, 3.63) is 0 Å². The molecule has 1 aliphatic heterocycles. The van der Waals surface area contributed by atoms with E-state index in [0.29, 0.717) is 6.54 Å². The summed E-state index contributed by atoms with van der Waals surface area (Å²) in [6.07, 6.45) is 1.19. The molecular weight excluding hydrogens is 126 g/mol. The van der Waals surface area contributed by atoms with Crippen molar-refractivity contribution >= 4 is 0 Å². The molecule has 1 aliphatic rings. The zero-order valence-corrected chi connectivity index (χ0v) is 6.38. The third-order valence-electron chi connectivity index (χ3n) is 1.75. The van der Waals surface area contributed by atoms with E-state index in [4.69, 9.17) is 5.26 Å². The van der Waals surface area contributed by atoms with Gasteiger partial charge in [0, 0.05) is 13.1 Å². The lowest BCUT2D eigenvalue weighted by molar-refractivity contribution is 0.121. The average molecular weight is 139 g/mol. The molecule has 0 aromatic rings. The number of rotatable bonds is 1. The predicted molar refractivity (Wildman–Crippen MR) is 39.3 cm³/mol. The van der Waals surface area contributed by atoms with Crippen LogP contribution in [0.3, 0.4) is 0 Å². The van der Waals surface area contributed by atoms with Crippen molar-refractivity contribution in [1.82, 2.24) is 9.80 Å². The molecule has 0 aromatic heterocycles. The maximum Gasteiger partial charge on any atom is 0.0876 e. The number of nitrogens with zero attached hydrogens (tertiary/aromatic N) is 3. The Kier molecular flexibility index (Phi) is 2.67. The first-order valence-corrected chi connectivity index (χ1v) is 3.61. The van der Waals surface area contributed by atoms with Crippen molar-refractivity contribution in [1.29, 1.82) is 5.26 Å². The van der Waals surface area contributed by atoms with Crippen LogP contribution in [0.25, 0.3) is 0 Å². The van der Waals surface area contributed by atoms with Crippen LogP contribution < -0.4 is 0 Å². The van der Waals surface area contributed by atoms with Crippen LogP contribution in [-0.2, 0) is 0 Å². The summed E-state index contributed by atoms with van der Waals surface area (Å²) in [7, 11) is 2.09. The lowest BCUT2D eigenvalue weighted by Crippen LogP contribution is -2.42. The van der Waals surface area contributed by atoms with Crippen molar-refractivity contribution in [2.45, 2.75) is 6.42 Å². The topological polar surface area (TPSA) is 30.3 Å². The van der Waals surface area contributed by atoms with Gasteiger partial charge < -0.3 is 0 Å². The summed E-state index contributed by atoms with van der Waals surface area (Å²) < 4.78 is 0. The van der Waals surface area contributed by atoms with E-state index in [1.165, 1.54) is 13.0 Å². The molecule has 56 valence electrons. The Morgan fingerprint density at radius 2 is 2.30 bits per heavy atom. The highest BCUT2D eigenvalue weighted by Crippen LogP contribution is 2.01. The quantitative estimate of drug-likeness (QED) is 0.483. The molecule has 1 rings (SSSR count). The first-order valence-electron chi connectivity index (χ1n) is 3.61. The molecule has 1 fully saturated rings. The normalized spacial score (nSPS) is 22.4. The predicted octanol–water partition coefficient (Wildman–Crippen LogP) is 0.105. The van der Waals surface area contributed by atoms with Crippen LogP contribution in [0.1, 0.15) is 6.42 Å². The lowest BCUT2D eigenvalue weighted by Gasteiger charge is -2.31. The largest absolute Gasteiger partial charge is 0.293 e. The van der Waals surface area contributed by atoms with E-state index >= 15 is 0 Å². The highest BCUT2D eigenvalue weighted by molar-refractivity contribution is 4.78. The summed E-state index contributed by atoms with van der Waals surface area (Å²) >= 11 is 0. The van der Waals surface area contributed by atoms with E-state index in [9.17, 15) is 0 Å². The molecule has 0 amide bonds. The SMILES string of the molecule is CN1CCCN(CC#N)C1. The van der Waals surface area contributed by atoms with Crippen molar-refractivity contribution in [3.63, 3.8) is 0 Å². The van der Waals surface area contributed by atoms with E-state index in [1.807, 2.05) is 0 Å². The number of nitriles is 1. The van der Waals surface area contributed by atoms with Gasteiger partial charge in [0.05, 0.1) is 19.3 Å². The van der Waals surface area contributed by atoms with E-state index in [2.05, 4.69) is 22.9 Å². The molecule has 0 aromatic carbocycles. The molecule has 10 heavy (non-hydrogen) atoms. The lowest BCUT2D eigenvalue weighted by atomic mass is 10.3. The van der Waals surface area contributed by atoms with Crippen LogP contribution in [0.5, 0.6) is 0 Å². The van der Waals surface area contributed by atoms with E-state index < -0.39 is 0 Å². The molecule has 0 radical (unpaired) electrons. The summed E-state index contributed by atoms with van der Waals surface area (Å²) in [5.74, 6) is 0. The first kappa shape index (κ1) is 7.52. The van der Waals surface area contributed by atoms with E-state index in [-0.39, 0.29) is 0 Å². The number of hydrogen-bond acceptors (Lipinski definition) is 3. The smallest absolute Gasteiger partial charge is 0.0876 e. The molecule has 1 heterocycles. The van der Waals surface area contributed by atoms with Gasteiger partial charge in [-0.3, -0.25) is 9.80 Å². The standard InChI is InChI=1S/C7H13N3/c1-9-4-2-5-10(7-9)6-3-8/h2,4-7H2,1H3. The molecular formula is C7H13N3. The fourth-order valence-corrected chi connectivity index (χ4v) is 1.28. The molecule has 3 heteroatoms. The Morgan fingerprint density at radius 1 is 1.50 bits per heavy atom. The zero-order valence-electron chi connectivity index (χ0n) is 6.38. The molecule has 0 N–H and O–H groups in total. The fourth-order valence-electron chi connectivity index (χ4n) is 1.28. The van der Waals surface area contributed by atoms with Crippen molar-refractivity contribution in [2.24, 2.45) is 0 Å². The van der Waals surface area contributed by atoms with Gasteiger partial charge >= 0.3 is 0 Å². The van der Waals surface area contributed by atoms with E-state index in [1.54, 1.807) is 0 Å². The molecule has 0 bridgehead atoms. The van der Waals surface area contributed by atoms with Crippen molar-refractivity contribution in [3.8, 4) is 6.07 Å². The highest BCUT2D eigenvalue weighted by atomic mass is 15.3. The van der Waals surface area contributed by atoms with Gasteiger partial charge in [0.15, 0.2) is 0 Å². The van der Waals surface area contributed by atoms with Crippen LogP contribution >= 0.6 is 0 Å². The van der Waals surface area contributed by atoms with Gasteiger partial charge in [-0.25, -0.2) is 0 Å². The highest BCUT2D eigenvalue weighted by Gasteiger charge is 2.12. The van der Waals surface area contributed by atoms with Gasteiger partial charge in [0.25, 0.3) is 0 Å². The zero-order chi connectivity index (χ0) is 7.40. The minimum Gasteiger partial charge on any atom is -0.293 e. The molecule has 0 aliphatic carbocycles. The minimum atomic E-state index is 0.574. The Bertz CT molecular complexity index is 138. The summed E-state index contributed by atoms with van der Waals surface area (Å²) in [5, 5.41) is 8.39. The van der Waals surface area contributed by atoms with Gasteiger partial charge in [0.2, 0.25) is 0 Å². The molecule has 3 nitrogen and oxygen atoms in total. The molecule has 0 atom stereocenters. The molecule has 0 saturated carbocycles.